The minimum absolute atomic E-state index is 0.235. The second kappa shape index (κ2) is 5.10. The minimum atomic E-state index is -1.55. The third kappa shape index (κ3) is 4.40. The number of hydrogen-bond acceptors (Lipinski definition) is 2. The number of ether oxygens (including phenoxy) is 1. The third-order valence-corrected chi connectivity index (χ3v) is 1.98. The number of rotatable bonds is 1. The number of halogens is 3. The van der Waals surface area contributed by atoms with Crippen molar-refractivity contribution in [2.24, 2.45) is 0 Å². The molecule has 0 atom stereocenters. The zero-order chi connectivity index (χ0) is 10.6. The van der Waals surface area contributed by atoms with Gasteiger partial charge >= 0.3 is 6.09 Å². The SMILES string of the molecule is O=C(OCC(Cl)(Cl)Cl)N1C=CCCC1. The molecule has 1 aliphatic heterocycles. The van der Waals surface area contributed by atoms with Gasteiger partial charge in [-0.3, -0.25) is 4.90 Å². The van der Waals surface area contributed by atoms with Gasteiger partial charge in [-0.15, -0.1) is 0 Å². The molecule has 0 aliphatic carbocycles. The van der Waals surface area contributed by atoms with Gasteiger partial charge in [0, 0.05) is 12.7 Å². The molecule has 0 aromatic rings. The molecular formula is C8H10Cl3NO2. The molecule has 0 unspecified atom stereocenters. The van der Waals surface area contributed by atoms with Crippen molar-refractivity contribution in [2.45, 2.75) is 16.6 Å². The molecule has 0 aromatic heterocycles. The summed E-state index contributed by atoms with van der Waals surface area (Å²) >= 11 is 16.3. The van der Waals surface area contributed by atoms with E-state index in [4.69, 9.17) is 39.5 Å². The standard InChI is InChI=1S/C8H10Cl3NO2/c9-8(10,11)6-14-7(13)12-4-2-1-3-5-12/h2,4H,1,3,5-6H2. The van der Waals surface area contributed by atoms with Crippen molar-refractivity contribution in [3.63, 3.8) is 0 Å². The van der Waals surface area contributed by atoms with E-state index in [2.05, 4.69) is 0 Å². The fourth-order valence-electron chi connectivity index (χ4n) is 1.03. The minimum Gasteiger partial charge on any atom is -0.445 e. The topological polar surface area (TPSA) is 29.5 Å². The van der Waals surface area contributed by atoms with Gasteiger partial charge in [0.1, 0.15) is 6.61 Å². The number of carbonyl (C=O) groups is 1. The summed E-state index contributed by atoms with van der Waals surface area (Å²) in [6, 6.07) is 0. The Kier molecular flexibility index (Phi) is 4.35. The Morgan fingerprint density at radius 3 is 2.71 bits per heavy atom. The molecule has 0 bridgehead atoms. The van der Waals surface area contributed by atoms with Gasteiger partial charge in [0.05, 0.1) is 0 Å². The van der Waals surface area contributed by atoms with Crippen LogP contribution in [0, 0.1) is 0 Å². The lowest BCUT2D eigenvalue weighted by molar-refractivity contribution is 0.117. The van der Waals surface area contributed by atoms with Crippen LogP contribution in [-0.4, -0.2) is 27.9 Å². The average Bonchev–Trinajstić information content (AvgIpc) is 2.14. The molecule has 0 fully saturated rings. The number of alkyl halides is 3. The van der Waals surface area contributed by atoms with Crippen LogP contribution in [0.15, 0.2) is 12.3 Å². The molecule has 1 rings (SSSR count). The molecule has 0 spiro atoms. The Labute approximate surface area is 97.5 Å². The average molecular weight is 259 g/mol. The van der Waals surface area contributed by atoms with E-state index in [-0.39, 0.29) is 6.61 Å². The number of allylic oxidation sites excluding steroid dienone is 1. The van der Waals surface area contributed by atoms with Crippen LogP contribution in [0.2, 0.25) is 0 Å². The van der Waals surface area contributed by atoms with Gasteiger partial charge in [-0.1, -0.05) is 40.9 Å². The highest BCUT2D eigenvalue weighted by molar-refractivity contribution is 6.67. The van der Waals surface area contributed by atoms with Crippen LogP contribution in [0.1, 0.15) is 12.8 Å². The lowest BCUT2D eigenvalue weighted by atomic mass is 10.2. The first-order chi connectivity index (χ1) is 6.49. The first kappa shape index (κ1) is 12.0. The zero-order valence-electron chi connectivity index (χ0n) is 7.38. The number of amides is 1. The van der Waals surface area contributed by atoms with Crippen LogP contribution >= 0.6 is 34.8 Å². The molecule has 1 aliphatic rings. The molecule has 1 heterocycles. The molecule has 0 radical (unpaired) electrons. The summed E-state index contributed by atoms with van der Waals surface area (Å²) in [4.78, 5) is 12.8. The summed E-state index contributed by atoms with van der Waals surface area (Å²) in [5.41, 5.74) is 0. The summed E-state index contributed by atoms with van der Waals surface area (Å²) in [7, 11) is 0. The maximum Gasteiger partial charge on any atom is 0.413 e. The van der Waals surface area contributed by atoms with Crippen molar-refractivity contribution >= 4 is 40.9 Å². The van der Waals surface area contributed by atoms with Gasteiger partial charge in [-0.25, -0.2) is 4.79 Å². The zero-order valence-corrected chi connectivity index (χ0v) is 9.65. The van der Waals surface area contributed by atoms with E-state index in [1.165, 1.54) is 4.90 Å². The predicted octanol–water partition coefficient (Wildman–Crippen LogP) is 3.10. The van der Waals surface area contributed by atoms with Gasteiger partial charge in [0.15, 0.2) is 0 Å². The van der Waals surface area contributed by atoms with Gasteiger partial charge in [-0.2, -0.15) is 0 Å². The molecular weight excluding hydrogens is 248 g/mol. The van der Waals surface area contributed by atoms with E-state index in [0.29, 0.717) is 6.54 Å². The Morgan fingerprint density at radius 1 is 1.50 bits per heavy atom. The molecule has 0 N–H and O–H groups in total. The molecule has 14 heavy (non-hydrogen) atoms. The van der Waals surface area contributed by atoms with Gasteiger partial charge in [0.2, 0.25) is 3.79 Å². The van der Waals surface area contributed by atoms with Crippen molar-refractivity contribution in [3.05, 3.63) is 12.3 Å². The van der Waals surface area contributed by atoms with Crippen LogP contribution in [-0.2, 0) is 4.74 Å². The molecule has 0 saturated heterocycles. The Bertz CT molecular complexity index is 237. The van der Waals surface area contributed by atoms with E-state index in [1.807, 2.05) is 6.08 Å². The fraction of sp³-hybridized carbons (Fsp3) is 0.625. The van der Waals surface area contributed by atoms with E-state index < -0.39 is 9.89 Å². The van der Waals surface area contributed by atoms with Crippen LogP contribution in [0.5, 0.6) is 0 Å². The lowest BCUT2D eigenvalue weighted by Crippen LogP contribution is -2.31. The van der Waals surface area contributed by atoms with Crippen LogP contribution in [0.3, 0.4) is 0 Å². The lowest BCUT2D eigenvalue weighted by Gasteiger charge is -2.21. The highest BCUT2D eigenvalue weighted by atomic mass is 35.6. The summed E-state index contributed by atoms with van der Waals surface area (Å²) in [6.07, 6.45) is 5.02. The third-order valence-electron chi connectivity index (χ3n) is 1.65. The van der Waals surface area contributed by atoms with Crippen molar-refractivity contribution in [1.82, 2.24) is 4.90 Å². The molecule has 3 nitrogen and oxygen atoms in total. The van der Waals surface area contributed by atoms with Crippen LogP contribution in [0.25, 0.3) is 0 Å². The van der Waals surface area contributed by atoms with E-state index in [0.717, 1.165) is 12.8 Å². The van der Waals surface area contributed by atoms with E-state index in [9.17, 15) is 4.79 Å². The van der Waals surface area contributed by atoms with Gasteiger partial charge in [-0.05, 0) is 12.8 Å². The fourth-order valence-corrected chi connectivity index (χ4v) is 1.20. The first-order valence-electron chi connectivity index (χ1n) is 4.16. The summed E-state index contributed by atoms with van der Waals surface area (Å²) < 4.78 is 3.24. The summed E-state index contributed by atoms with van der Waals surface area (Å²) in [6.45, 7) is 0.413. The Hall–Kier alpha value is -0.120. The first-order valence-corrected chi connectivity index (χ1v) is 5.29. The summed E-state index contributed by atoms with van der Waals surface area (Å²) in [5.74, 6) is 0. The molecule has 80 valence electrons. The van der Waals surface area contributed by atoms with Gasteiger partial charge in [0.25, 0.3) is 0 Å². The highest BCUT2D eigenvalue weighted by Crippen LogP contribution is 2.26. The number of hydrogen-bond donors (Lipinski definition) is 0. The second-order valence-corrected chi connectivity index (χ2v) is 5.41. The maximum atomic E-state index is 11.3. The van der Waals surface area contributed by atoms with Crippen molar-refractivity contribution in [3.8, 4) is 0 Å². The summed E-state index contributed by atoms with van der Waals surface area (Å²) in [5, 5.41) is 0. The molecule has 6 heteroatoms. The largest absolute Gasteiger partial charge is 0.445 e. The number of carbonyl (C=O) groups excluding carboxylic acids is 1. The number of nitrogens with zero attached hydrogens (tertiary/aromatic N) is 1. The Balaban J connectivity index is 2.34. The second-order valence-electron chi connectivity index (χ2n) is 2.89. The van der Waals surface area contributed by atoms with E-state index >= 15 is 0 Å². The van der Waals surface area contributed by atoms with Crippen molar-refractivity contribution in [2.75, 3.05) is 13.2 Å². The van der Waals surface area contributed by atoms with Crippen molar-refractivity contribution in [1.29, 1.82) is 0 Å². The molecule has 1 amide bonds. The highest BCUT2D eigenvalue weighted by Gasteiger charge is 2.24. The van der Waals surface area contributed by atoms with Crippen LogP contribution in [0.4, 0.5) is 4.79 Å². The monoisotopic (exact) mass is 257 g/mol. The predicted molar refractivity (Wildman–Crippen MR) is 56.7 cm³/mol. The maximum absolute atomic E-state index is 11.3. The molecule has 0 saturated carbocycles. The smallest absolute Gasteiger partial charge is 0.413 e. The normalized spacial score (nSPS) is 16.9. The Morgan fingerprint density at radius 2 is 2.21 bits per heavy atom. The van der Waals surface area contributed by atoms with Crippen molar-refractivity contribution < 1.29 is 9.53 Å². The quantitative estimate of drug-likeness (QED) is 0.676. The van der Waals surface area contributed by atoms with Crippen LogP contribution < -0.4 is 0 Å². The molecule has 0 aromatic carbocycles. The van der Waals surface area contributed by atoms with E-state index in [1.54, 1.807) is 6.20 Å². The van der Waals surface area contributed by atoms with Gasteiger partial charge < -0.3 is 4.74 Å².